The molecule has 2 aromatic rings. The molecular weight excluding hydrogens is 230 g/mol. The van der Waals surface area contributed by atoms with Crippen LogP contribution >= 0.6 is 11.8 Å². The second-order valence-corrected chi connectivity index (χ2v) is 5.01. The molecule has 0 amide bonds. The summed E-state index contributed by atoms with van der Waals surface area (Å²) in [7, 11) is 0. The lowest BCUT2D eigenvalue weighted by Crippen LogP contribution is -1.97. The van der Waals surface area contributed by atoms with E-state index in [0.29, 0.717) is 0 Å². The van der Waals surface area contributed by atoms with E-state index in [1.54, 1.807) is 18.7 Å². The molecular formula is C14H15NOS. The summed E-state index contributed by atoms with van der Waals surface area (Å²) in [6.07, 6.45) is -0.460. The maximum atomic E-state index is 9.54. The highest BCUT2D eigenvalue weighted by atomic mass is 32.2. The summed E-state index contributed by atoms with van der Waals surface area (Å²) in [5.41, 5.74) is 1.78. The van der Waals surface area contributed by atoms with Gasteiger partial charge in [-0.2, -0.15) is 0 Å². The van der Waals surface area contributed by atoms with Crippen molar-refractivity contribution in [3.05, 3.63) is 53.7 Å². The Kier molecular flexibility index (Phi) is 3.82. The van der Waals surface area contributed by atoms with Gasteiger partial charge in [-0.15, -0.1) is 0 Å². The fourth-order valence-corrected chi connectivity index (χ4v) is 2.51. The van der Waals surface area contributed by atoms with Crippen LogP contribution < -0.4 is 0 Å². The van der Waals surface area contributed by atoms with Gasteiger partial charge in [-0.05, 0) is 32.0 Å². The van der Waals surface area contributed by atoms with Gasteiger partial charge in [-0.25, -0.2) is 4.98 Å². The van der Waals surface area contributed by atoms with E-state index in [-0.39, 0.29) is 0 Å². The van der Waals surface area contributed by atoms with Crippen molar-refractivity contribution in [2.24, 2.45) is 0 Å². The molecule has 1 heterocycles. The van der Waals surface area contributed by atoms with Crippen molar-refractivity contribution in [2.75, 3.05) is 0 Å². The molecule has 1 aromatic heterocycles. The van der Waals surface area contributed by atoms with Crippen molar-refractivity contribution in [1.82, 2.24) is 4.98 Å². The molecule has 0 unspecified atom stereocenters. The van der Waals surface area contributed by atoms with Gasteiger partial charge >= 0.3 is 0 Å². The molecule has 0 spiro atoms. The number of hydrogen-bond donors (Lipinski definition) is 1. The lowest BCUT2D eigenvalue weighted by atomic mass is 10.1. The molecule has 2 rings (SSSR count). The van der Waals surface area contributed by atoms with Gasteiger partial charge in [0.15, 0.2) is 0 Å². The third kappa shape index (κ3) is 3.08. The van der Waals surface area contributed by atoms with Gasteiger partial charge in [0.2, 0.25) is 0 Å². The number of benzene rings is 1. The van der Waals surface area contributed by atoms with Crippen LogP contribution in [-0.4, -0.2) is 10.1 Å². The van der Waals surface area contributed by atoms with Gasteiger partial charge in [0.1, 0.15) is 5.03 Å². The van der Waals surface area contributed by atoms with Crippen LogP contribution in [0.1, 0.15) is 24.3 Å². The first-order chi connectivity index (χ1) is 8.16. The lowest BCUT2D eigenvalue weighted by molar-refractivity contribution is 0.198. The predicted octanol–water partition coefficient (Wildman–Crippen LogP) is 3.59. The summed E-state index contributed by atoms with van der Waals surface area (Å²) in [5.74, 6) is 0. The summed E-state index contributed by atoms with van der Waals surface area (Å²) in [4.78, 5) is 5.66. The topological polar surface area (TPSA) is 33.1 Å². The van der Waals surface area contributed by atoms with Crippen molar-refractivity contribution >= 4 is 11.8 Å². The summed E-state index contributed by atoms with van der Waals surface area (Å²) in [6, 6.07) is 14.0. The summed E-state index contributed by atoms with van der Waals surface area (Å²) < 4.78 is 0. The van der Waals surface area contributed by atoms with Crippen LogP contribution in [0.5, 0.6) is 0 Å². The molecule has 1 atom stereocenters. The zero-order valence-corrected chi connectivity index (χ0v) is 10.7. The standard InChI is InChI=1S/C14H15NOS/c1-10-13(11(2)16)8-9-14(15-10)17-12-6-4-3-5-7-12/h3-9,11,16H,1-2H3/t11-/m0/s1. The predicted molar refractivity (Wildman–Crippen MR) is 70.2 cm³/mol. The van der Waals surface area contributed by atoms with Gasteiger partial charge in [0.05, 0.1) is 6.10 Å². The third-order valence-corrected chi connectivity index (χ3v) is 3.46. The Hall–Kier alpha value is -1.32. The van der Waals surface area contributed by atoms with Crippen molar-refractivity contribution in [3.63, 3.8) is 0 Å². The normalized spacial score (nSPS) is 12.4. The number of aryl methyl sites for hydroxylation is 1. The molecule has 1 aromatic carbocycles. The summed E-state index contributed by atoms with van der Waals surface area (Å²) in [5, 5.41) is 10.5. The van der Waals surface area contributed by atoms with E-state index in [4.69, 9.17) is 0 Å². The fraction of sp³-hybridized carbons (Fsp3) is 0.214. The molecule has 0 aliphatic rings. The van der Waals surface area contributed by atoms with E-state index in [1.165, 1.54) is 4.90 Å². The number of hydrogen-bond acceptors (Lipinski definition) is 3. The molecule has 0 bridgehead atoms. The lowest BCUT2D eigenvalue weighted by Gasteiger charge is -2.09. The molecule has 0 saturated heterocycles. The highest BCUT2D eigenvalue weighted by Crippen LogP contribution is 2.27. The quantitative estimate of drug-likeness (QED) is 0.897. The fourth-order valence-electron chi connectivity index (χ4n) is 1.66. The van der Waals surface area contributed by atoms with E-state index in [9.17, 15) is 5.11 Å². The van der Waals surface area contributed by atoms with Crippen LogP contribution in [0.15, 0.2) is 52.4 Å². The largest absolute Gasteiger partial charge is 0.389 e. The van der Waals surface area contributed by atoms with Gasteiger partial charge in [-0.3, -0.25) is 0 Å². The van der Waals surface area contributed by atoms with E-state index < -0.39 is 6.10 Å². The molecule has 0 fully saturated rings. The van der Waals surface area contributed by atoms with Crippen LogP contribution in [-0.2, 0) is 0 Å². The number of aliphatic hydroxyl groups excluding tert-OH is 1. The number of nitrogens with zero attached hydrogens (tertiary/aromatic N) is 1. The number of aromatic nitrogens is 1. The number of aliphatic hydroxyl groups is 1. The Morgan fingerprint density at radius 2 is 1.82 bits per heavy atom. The Labute approximate surface area is 106 Å². The molecule has 0 aliphatic heterocycles. The first-order valence-corrected chi connectivity index (χ1v) is 6.37. The molecule has 0 saturated carbocycles. The van der Waals surface area contributed by atoms with Crippen molar-refractivity contribution in [1.29, 1.82) is 0 Å². The van der Waals surface area contributed by atoms with Crippen LogP contribution in [0, 0.1) is 6.92 Å². The maximum absolute atomic E-state index is 9.54. The zero-order valence-electron chi connectivity index (χ0n) is 9.92. The Balaban J connectivity index is 2.21. The second-order valence-electron chi connectivity index (χ2n) is 3.92. The van der Waals surface area contributed by atoms with Crippen LogP contribution in [0.3, 0.4) is 0 Å². The average molecular weight is 245 g/mol. The minimum absolute atomic E-state index is 0.460. The highest BCUT2D eigenvalue weighted by molar-refractivity contribution is 7.99. The molecule has 0 aliphatic carbocycles. The van der Waals surface area contributed by atoms with Crippen LogP contribution in [0.2, 0.25) is 0 Å². The number of rotatable bonds is 3. The van der Waals surface area contributed by atoms with E-state index in [1.807, 2.05) is 37.3 Å². The monoisotopic (exact) mass is 245 g/mol. The molecule has 1 N–H and O–H groups in total. The summed E-state index contributed by atoms with van der Waals surface area (Å²) in [6.45, 7) is 3.69. The average Bonchev–Trinajstić information content (AvgIpc) is 2.30. The zero-order chi connectivity index (χ0) is 12.3. The molecule has 2 nitrogen and oxygen atoms in total. The van der Waals surface area contributed by atoms with Gasteiger partial charge in [0, 0.05) is 16.2 Å². The van der Waals surface area contributed by atoms with Crippen molar-refractivity contribution < 1.29 is 5.11 Å². The Morgan fingerprint density at radius 1 is 1.12 bits per heavy atom. The smallest absolute Gasteiger partial charge is 0.101 e. The van der Waals surface area contributed by atoms with Gasteiger partial charge in [0.25, 0.3) is 0 Å². The Morgan fingerprint density at radius 3 is 2.41 bits per heavy atom. The minimum Gasteiger partial charge on any atom is -0.389 e. The van der Waals surface area contributed by atoms with Crippen molar-refractivity contribution in [3.8, 4) is 0 Å². The first kappa shape index (κ1) is 12.1. The van der Waals surface area contributed by atoms with E-state index >= 15 is 0 Å². The Bertz CT molecular complexity index is 497. The van der Waals surface area contributed by atoms with Crippen LogP contribution in [0.25, 0.3) is 0 Å². The minimum atomic E-state index is -0.460. The SMILES string of the molecule is Cc1nc(Sc2ccccc2)ccc1[C@H](C)O. The van der Waals surface area contributed by atoms with Gasteiger partial charge < -0.3 is 5.11 Å². The first-order valence-electron chi connectivity index (χ1n) is 5.55. The second kappa shape index (κ2) is 5.34. The van der Waals surface area contributed by atoms with Crippen molar-refractivity contribution in [2.45, 2.75) is 29.9 Å². The van der Waals surface area contributed by atoms with E-state index in [2.05, 4.69) is 17.1 Å². The molecule has 17 heavy (non-hydrogen) atoms. The van der Waals surface area contributed by atoms with Crippen LogP contribution in [0.4, 0.5) is 0 Å². The van der Waals surface area contributed by atoms with E-state index in [0.717, 1.165) is 16.3 Å². The number of pyridine rings is 1. The molecule has 0 radical (unpaired) electrons. The molecule has 3 heteroatoms. The summed E-state index contributed by atoms with van der Waals surface area (Å²) >= 11 is 1.63. The third-order valence-electron chi connectivity index (χ3n) is 2.52. The highest BCUT2D eigenvalue weighted by Gasteiger charge is 2.07. The molecule has 88 valence electrons. The van der Waals surface area contributed by atoms with Gasteiger partial charge in [-0.1, -0.05) is 36.0 Å². The maximum Gasteiger partial charge on any atom is 0.101 e.